The number of rotatable bonds is 8. The molecule has 3 N–H and O–H groups in total. The first-order valence-corrected chi connectivity index (χ1v) is 12.2. The van der Waals surface area contributed by atoms with Crippen molar-refractivity contribution in [3.63, 3.8) is 0 Å². The Morgan fingerprint density at radius 3 is 2.66 bits per heavy atom. The summed E-state index contributed by atoms with van der Waals surface area (Å²) >= 11 is 0. The molecule has 3 aromatic heterocycles. The summed E-state index contributed by atoms with van der Waals surface area (Å²) in [6.45, 7) is 6.41. The number of hydrogen-bond donors (Lipinski definition) is 3. The van der Waals surface area contributed by atoms with Crippen molar-refractivity contribution in [3.05, 3.63) is 64.6 Å². The van der Waals surface area contributed by atoms with E-state index >= 15 is 0 Å². The average Bonchev–Trinajstić information content (AvgIpc) is 3.49. The van der Waals surface area contributed by atoms with Gasteiger partial charge in [-0.2, -0.15) is 10.2 Å². The fourth-order valence-corrected chi connectivity index (χ4v) is 4.63. The van der Waals surface area contributed by atoms with Crippen LogP contribution < -0.4 is 16.2 Å². The van der Waals surface area contributed by atoms with Gasteiger partial charge < -0.3 is 15.6 Å². The Labute approximate surface area is 204 Å². The molecule has 10 heteroatoms. The first-order valence-electron chi connectivity index (χ1n) is 12.2. The Hall–Kier alpha value is -3.69. The van der Waals surface area contributed by atoms with Gasteiger partial charge in [0.15, 0.2) is 0 Å². The minimum atomic E-state index is -0.675. The van der Waals surface area contributed by atoms with Crippen molar-refractivity contribution >= 4 is 17.5 Å². The quantitative estimate of drug-likeness (QED) is 0.458. The fourth-order valence-electron chi connectivity index (χ4n) is 4.63. The summed E-state index contributed by atoms with van der Waals surface area (Å²) in [5.74, 6) is 0.0792. The van der Waals surface area contributed by atoms with Crippen LogP contribution >= 0.6 is 0 Å². The van der Waals surface area contributed by atoms with Crippen molar-refractivity contribution in [1.29, 1.82) is 0 Å². The molecule has 35 heavy (non-hydrogen) atoms. The van der Waals surface area contributed by atoms with E-state index in [1.165, 1.54) is 0 Å². The second-order valence-electron chi connectivity index (χ2n) is 9.67. The van der Waals surface area contributed by atoms with Crippen LogP contribution in [0.3, 0.4) is 0 Å². The van der Waals surface area contributed by atoms with Gasteiger partial charge in [0.25, 0.3) is 11.5 Å². The van der Waals surface area contributed by atoms with E-state index in [2.05, 4.69) is 32.7 Å². The van der Waals surface area contributed by atoms with Gasteiger partial charge >= 0.3 is 0 Å². The van der Waals surface area contributed by atoms with Gasteiger partial charge in [-0.1, -0.05) is 25.8 Å². The maximum absolute atomic E-state index is 13.4. The van der Waals surface area contributed by atoms with E-state index in [9.17, 15) is 14.4 Å². The lowest BCUT2D eigenvalue weighted by Crippen LogP contribution is -2.49. The van der Waals surface area contributed by atoms with Gasteiger partial charge in [0.1, 0.15) is 11.7 Å². The molecule has 1 atom stereocenters. The molecule has 3 aromatic rings. The van der Waals surface area contributed by atoms with Gasteiger partial charge in [-0.15, -0.1) is 0 Å². The lowest BCUT2D eigenvalue weighted by molar-refractivity contribution is -0.119. The van der Waals surface area contributed by atoms with Crippen LogP contribution in [0.2, 0.25) is 0 Å². The molecule has 0 radical (unpaired) electrons. The second kappa shape index (κ2) is 10.7. The molecule has 4 rings (SSSR count). The number of anilines is 1. The smallest absolute Gasteiger partial charge is 0.270 e. The molecular weight excluding hydrogens is 446 g/mol. The Balaban J connectivity index is 1.49. The number of pyridine rings is 1. The number of nitrogens with zero attached hydrogens (tertiary/aromatic N) is 4. The Morgan fingerprint density at radius 2 is 1.94 bits per heavy atom. The number of nitrogens with one attached hydrogen (secondary N) is 3. The SMILES string of the molecule is CC1CCC([C@H](NC(=O)c2ccnn2C(C)C)C(=O)Nc2cnn(Cc3ccc[nH]c3=O)c2)CC1. The average molecular weight is 480 g/mol. The van der Waals surface area contributed by atoms with E-state index in [0.29, 0.717) is 22.9 Å². The highest BCUT2D eigenvalue weighted by Crippen LogP contribution is 2.31. The molecule has 1 fully saturated rings. The number of carbonyl (C=O) groups excluding carboxylic acids is 2. The summed E-state index contributed by atoms with van der Waals surface area (Å²) in [6, 6.07) is 4.51. The number of hydrogen-bond acceptors (Lipinski definition) is 5. The molecule has 1 aliphatic rings. The van der Waals surface area contributed by atoms with Crippen molar-refractivity contribution in [2.75, 3.05) is 5.32 Å². The molecule has 0 aromatic carbocycles. The minimum absolute atomic E-state index is 0.0243. The molecule has 0 spiro atoms. The number of H-pyrrole nitrogens is 1. The summed E-state index contributed by atoms with van der Waals surface area (Å²) in [7, 11) is 0. The largest absolute Gasteiger partial charge is 0.339 e. The predicted octanol–water partition coefficient (Wildman–Crippen LogP) is 2.96. The lowest BCUT2D eigenvalue weighted by Gasteiger charge is -2.32. The van der Waals surface area contributed by atoms with E-state index in [4.69, 9.17) is 0 Å². The molecule has 1 aliphatic carbocycles. The highest BCUT2D eigenvalue weighted by molar-refractivity contribution is 6.00. The van der Waals surface area contributed by atoms with Gasteiger partial charge in [0.2, 0.25) is 5.91 Å². The predicted molar refractivity (Wildman–Crippen MR) is 132 cm³/mol. The first-order chi connectivity index (χ1) is 16.8. The molecule has 0 bridgehead atoms. The van der Waals surface area contributed by atoms with Gasteiger partial charge in [-0.25, -0.2) is 0 Å². The third-order valence-corrected chi connectivity index (χ3v) is 6.63. The lowest BCUT2D eigenvalue weighted by atomic mass is 9.79. The summed E-state index contributed by atoms with van der Waals surface area (Å²) < 4.78 is 3.25. The van der Waals surface area contributed by atoms with Crippen LogP contribution in [0, 0.1) is 11.8 Å². The monoisotopic (exact) mass is 479 g/mol. The normalized spacial score (nSPS) is 18.9. The molecule has 3 heterocycles. The minimum Gasteiger partial charge on any atom is -0.339 e. The fraction of sp³-hybridized carbons (Fsp3) is 0.480. The van der Waals surface area contributed by atoms with Gasteiger partial charge in [-0.05, 0) is 50.7 Å². The van der Waals surface area contributed by atoms with Crippen LogP contribution in [-0.4, -0.2) is 42.4 Å². The van der Waals surface area contributed by atoms with Crippen molar-refractivity contribution in [1.82, 2.24) is 29.9 Å². The van der Waals surface area contributed by atoms with Crippen LogP contribution in [-0.2, 0) is 11.3 Å². The molecule has 0 aliphatic heterocycles. The summed E-state index contributed by atoms with van der Waals surface area (Å²) in [4.78, 5) is 41.1. The summed E-state index contributed by atoms with van der Waals surface area (Å²) in [5.41, 5.74) is 1.33. The third-order valence-electron chi connectivity index (χ3n) is 6.63. The number of carbonyl (C=O) groups is 2. The van der Waals surface area contributed by atoms with E-state index in [1.54, 1.807) is 52.4 Å². The summed E-state index contributed by atoms with van der Waals surface area (Å²) in [5, 5.41) is 14.4. The Kier molecular flexibility index (Phi) is 7.48. The van der Waals surface area contributed by atoms with Crippen molar-refractivity contribution in [3.8, 4) is 0 Å². The van der Waals surface area contributed by atoms with E-state index < -0.39 is 6.04 Å². The molecule has 2 amide bonds. The summed E-state index contributed by atoms with van der Waals surface area (Å²) in [6.07, 6.45) is 10.2. The zero-order valence-corrected chi connectivity index (χ0v) is 20.4. The number of amides is 2. The van der Waals surface area contributed by atoms with Gasteiger partial charge in [-0.3, -0.25) is 23.7 Å². The molecule has 0 unspecified atom stereocenters. The van der Waals surface area contributed by atoms with Crippen LogP contribution in [0.4, 0.5) is 5.69 Å². The highest BCUT2D eigenvalue weighted by Gasteiger charge is 2.33. The van der Waals surface area contributed by atoms with Crippen molar-refractivity contribution in [2.24, 2.45) is 11.8 Å². The van der Waals surface area contributed by atoms with Crippen LogP contribution in [0.5, 0.6) is 0 Å². The molecule has 10 nitrogen and oxygen atoms in total. The van der Waals surface area contributed by atoms with Gasteiger partial charge in [0.05, 0.1) is 18.4 Å². The first kappa shape index (κ1) is 24.4. The van der Waals surface area contributed by atoms with E-state index in [1.807, 2.05) is 13.8 Å². The van der Waals surface area contributed by atoms with Crippen LogP contribution in [0.15, 0.2) is 47.8 Å². The van der Waals surface area contributed by atoms with Gasteiger partial charge in [0, 0.05) is 30.2 Å². The molecule has 0 saturated heterocycles. The molecular formula is C25H33N7O3. The molecule has 1 saturated carbocycles. The maximum atomic E-state index is 13.4. The van der Waals surface area contributed by atoms with E-state index in [-0.39, 0.29) is 35.9 Å². The Morgan fingerprint density at radius 1 is 1.17 bits per heavy atom. The maximum Gasteiger partial charge on any atom is 0.270 e. The second-order valence-corrected chi connectivity index (χ2v) is 9.67. The standard InChI is InChI=1S/C25H33N7O3/c1-16(2)32-21(10-12-27-32)24(34)30-22(18-8-6-17(3)7-9-18)25(35)29-20-13-28-31(15-20)14-19-5-4-11-26-23(19)33/h4-5,10-13,15-18,22H,6-9,14H2,1-3H3,(H,26,33)(H,29,35)(H,30,34)/t17?,18?,22-/m0/s1. The topological polar surface area (TPSA) is 127 Å². The van der Waals surface area contributed by atoms with E-state index in [0.717, 1.165) is 25.7 Å². The Bertz CT molecular complexity index is 1220. The number of aromatic amines is 1. The molecule has 186 valence electrons. The highest BCUT2D eigenvalue weighted by atomic mass is 16.2. The number of aromatic nitrogens is 5. The van der Waals surface area contributed by atoms with Crippen LogP contribution in [0.1, 0.15) is 68.5 Å². The van der Waals surface area contributed by atoms with Crippen molar-refractivity contribution in [2.45, 2.75) is 65.1 Å². The zero-order chi connectivity index (χ0) is 24.9. The zero-order valence-electron chi connectivity index (χ0n) is 20.4. The van der Waals surface area contributed by atoms with Crippen LogP contribution in [0.25, 0.3) is 0 Å². The van der Waals surface area contributed by atoms with Crippen molar-refractivity contribution < 1.29 is 9.59 Å². The third kappa shape index (κ3) is 5.87.